The van der Waals surface area contributed by atoms with Crippen LogP contribution in [0.3, 0.4) is 0 Å². The van der Waals surface area contributed by atoms with Crippen molar-refractivity contribution in [1.29, 1.82) is 0 Å². The van der Waals surface area contributed by atoms with Crippen molar-refractivity contribution in [2.24, 2.45) is 0 Å². The number of benzene rings is 2. The summed E-state index contributed by atoms with van der Waals surface area (Å²) in [5.74, 6) is -0.0225. The van der Waals surface area contributed by atoms with Gasteiger partial charge in [0.25, 0.3) is 0 Å². The van der Waals surface area contributed by atoms with Crippen molar-refractivity contribution in [1.82, 2.24) is 0 Å². The van der Waals surface area contributed by atoms with Gasteiger partial charge in [-0.15, -0.1) is 0 Å². The van der Waals surface area contributed by atoms with Gasteiger partial charge >= 0.3 is 12.0 Å². The van der Waals surface area contributed by atoms with Crippen LogP contribution in [-0.2, 0) is 11.3 Å². The molecule has 0 aliphatic carbocycles. The molecular weight excluding hydrogens is 296 g/mol. The normalized spacial score (nSPS) is 13.1. The van der Waals surface area contributed by atoms with Gasteiger partial charge in [-0.1, -0.05) is 18.2 Å². The lowest BCUT2D eigenvalue weighted by atomic mass is 10.1. The summed E-state index contributed by atoms with van der Waals surface area (Å²) in [7, 11) is 2.81. The monoisotopic (exact) mass is 312 g/mol. The number of hydrogen-bond donors (Lipinski definition) is 1. The van der Waals surface area contributed by atoms with Crippen LogP contribution in [0.2, 0.25) is 0 Å². The number of rotatable bonds is 3. The second-order valence-electron chi connectivity index (χ2n) is 5.05. The van der Waals surface area contributed by atoms with Crippen LogP contribution in [0.25, 0.3) is 0 Å². The molecule has 0 radical (unpaired) electrons. The number of esters is 1. The van der Waals surface area contributed by atoms with Crippen molar-refractivity contribution in [2.75, 3.05) is 24.4 Å². The number of para-hydroxylation sites is 1. The van der Waals surface area contributed by atoms with Gasteiger partial charge in [0.2, 0.25) is 0 Å². The van der Waals surface area contributed by atoms with Crippen LogP contribution < -0.4 is 15.0 Å². The zero-order valence-corrected chi connectivity index (χ0v) is 12.8. The largest absolute Gasteiger partial charge is 0.495 e. The number of anilines is 2. The molecule has 118 valence electrons. The van der Waals surface area contributed by atoms with Crippen molar-refractivity contribution in [2.45, 2.75) is 6.54 Å². The Hall–Kier alpha value is -3.02. The molecule has 1 aliphatic rings. The number of urea groups is 1. The Bertz CT molecular complexity index is 773. The Morgan fingerprint density at radius 3 is 2.70 bits per heavy atom. The minimum absolute atomic E-state index is 0.243. The first-order chi connectivity index (χ1) is 11.1. The Labute approximate surface area is 133 Å². The minimum atomic E-state index is -0.455. The number of hydrogen-bond acceptors (Lipinski definition) is 4. The van der Waals surface area contributed by atoms with Crippen molar-refractivity contribution in [3.8, 4) is 5.75 Å². The van der Waals surface area contributed by atoms with E-state index in [9.17, 15) is 9.59 Å². The molecule has 0 saturated carbocycles. The second-order valence-corrected chi connectivity index (χ2v) is 5.05. The summed E-state index contributed by atoms with van der Waals surface area (Å²) >= 11 is 0. The zero-order valence-electron chi connectivity index (χ0n) is 12.8. The first-order valence-corrected chi connectivity index (χ1v) is 7.07. The van der Waals surface area contributed by atoms with E-state index in [-0.39, 0.29) is 6.03 Å². The van der Waals surface area contributed by atoms with Gasteiger partial charge in [0.15, 0.2) is 0 Å². The van der Waals surface area contributed by atoms with Crippen molar-refractivity contribution >= 4 is 23.4 Å². The van der Waals surface area contributed by atoms with E-state index < -0.39 is 5.97 Å². The van der Waals surface area contributed by atoms with E-state index in [2.05, 4.69) is 5.32 Å². The lowest BCUT2D eigenvalue weighted by Crippen LogP contribution is -2.38. The third-order valence-corrected chi connectivity index (χ3v) is 3.72. The van der Waals surface area contributed by atoms with E-state index in [4.69, 9.17) is 9.47 Å². The fourth-order valence-corrected chi connectivity index (χ4v) is 2.54. The van der Waals surface area contributed by atoms with Crippen LogP contribution in [0, 0.1) is 0 Å². The summed E-state index contributed by atoms with van der Waals surface area (Å²) in [6, 6.07) is 12.2. The van der Waals surface area contributed by atoms with Crippen LogP contribution in [-0.4, -0.2) is 26.2 Å². The molecule has 2 aromatic carbocycles. The average molecular weight is 312 g/mol. The van der Waals surface area contributed by atoms with Crippen LogP contribution >= 0.6 is 0 Å². The maximum atomic E-state index is 12.4. The smallest absolute Gasteiger partial charge is 0.337 e. The molecule has 6 heteroatoms. The van der Waals surface area contributed by atoms with Gasteiger partial charge in [-0.2, -0.15) is 0 Å². The molecule has 0 unspecified atom stereocenters. The molecule has 1 N–H and O–H groups in total. The van der Waals surface area contributed by atoms with Gasteiger partial charge < -0.3 is 14.8 Å². The molecule has 0 aromatic heterocycles. The summed E-state index contributed by atoms with van der Waals surface area (Å²) in [6.45, 7) is 0.427. The van der Waals surface area contributed by atoms with E-state index in [0.717, 1.165) is 11.3 Å². The lowest BCUT2D eigenvalue weighted by Gasteiger charge is -2.30. The number of fused-ring (bicyclic) bond motifs is 1. The first-order valence-electron chi connectivity index (χ1n) is 7.07. The number of nitrogens with one attached hydrogen (secondary N) is 1. The number of ether oxygens (including phenoxy) is 2. The van der Waals surface area contributed by atoms with Crippen LogP contribution in [0.1, 0.15) is 15.9 Å². The van der Waals surface area contributed by atoms with Gasteiger partial charge in [0, 0.05) is 5.69 Å². The topological polar surface area (TPSA) is 67.9 Å². The number of nitrogens with zero attached hydrogens (tertiary/aromatic N) is 1. The van der Waals surface area contributed by atoms with Gasteiger partial charge in [0.05, 0.1) is 32.0 Å². The molecule has 2 aromatic rings. The number of amides is 2. The van der Waals surface area contributed by atoms with Gasteiger partial charge in [-0.05, 0) is 29.8 Å². The molecule has 1 heterocycles. The second kappa shape index (κ2) is 6.00. The van der Waals surface area contributed by atoms with Crippen LogP contribution in [0.15, 0.2) is 42.5 Å². The molecule has 2 amide bonds. The first kappa shape index (κ1) is 14.9. The Morgan fingerprint density at radius 2 is 1.96 bits per heavy atom. The fraction of sp³-hybridized carbons (Fsp3) is 0.176. The summed E-state index contributed by atoms with van der Waals surface area (Å²) in [5, 5.41) is 2.85. The van der Waals surface area contributed by atoms with Crippen molar-refractivity contribution in [3.63, 3.8) is 0 Å². The highest BCUT2D eigenvalue weighted by atomic mass is 16.5. The Kier molecular flexibility index (Phi) is 3.89. The van der Waals surface area contributed by atoms with E-state index in [1.54, 1.807) is 23.1 Å². The van der Waals surface area contributed by atoms with Gasteiger partial charge in [-0.3, -0.25) is 4.90 Å². The Morgan fingerprint density at radius 1 is 1.17 bits per heavy atom. The number of carbonyl (C=O) groups excluding carboxylic acids is 2. The molecule has 1 aliphatic heterocycles. The summed E-state index contributed by atoms with van der Waals surface area (Å²) in [6.07, 6.45) is 0. The molecular formula is C17H16N2O4. The molecule has 0 atom stereocenters. The van der Waals surface area contributed by atoms with E-state index in [0.29, 0.717) is 23.5 Å². The minimum Gasteiger partial charge on any atom is -0.495 e. The number of methoxy groups -OCH3 is 2. The summed E-state index contributed by atoms with van der Waals surface area (Å²) < 4.78 is 10.0. The maximum absolute atomic E-state index is 12.4. The van der Waals surface area contributed by atoms with Crippen molar-refractivity contribution < 1.29 is 19.1 Å². The quantitative estimate of drug-likeness (QED) is 0.885. The highest BCUT2D eigenvalue weighted by molar-refractivity contribution is 6.05. The molecule has 3 rings (SSSR count). The van der Waals surface area contributed by atoms with E-state index >= 15 is 0 Å². The standard InChI is InChI=1S/C17H16N2O4/c1-22-15-9-11(16(20)23-2)7-8-14(15)19-10-12-5-3-4-6-13(12)18-17(19)21/h3-9H,10H2,1-2H3,(H,18,21). The number of carbonyl (C=O) groups is 2. The predicted octanol–water partition coefficient (Wildman–Crippen LogP) is 3.03. The highest BCUT2D eigenvalue weighted by Gasteiger charge is 2.26. The summed E-state index contributed by atoms with van der Waals surface area (Å²) in [5.41, 5.74) is 2.77. The molecule has 0 spiro atoms. The molecule has 0 fully saturated rings. The van der Waals surface area contributed by atoms with Gasteiger partial charge in [-0.25, -0.2) is 9.59 Å². The third kappa shape index (κ3) is 2.70. The van der Waals surface area contributed by atoms with E-state index in [1.807, 2.05) is 24.3 Å². The third-order valence-electron chi connectivity index (χ3n) is 3.72. The van der Waals surface area contributed by atoms with Crippen LogP contribution in [0.5, 0.6) is 5.75 Å². The lowest BCUT2D eigenvalue weighted by molar-refractivity contribution is 0.0600. The zero-order chi connectivity index (χ0) is 16.4. The van der Waals surface area contributed by atoms with E-state index in [1.165, 1.54) is 14.2 Å². The molecule has 0 bridgehead atoms. The van der Waals surface area contributed by atoms with Gasteiger partial charge in [0.1, 0.15) is 5.75 Å². The molecule has 6 nitrogen and oxygen atoms in total. The predicted molar refractivity (Wildman–Crippen MR) is 86.0 cm³/mol. The Balaban J connectivity index is 1.98. The van der Waals surface area contributed by atoms with Crippen molar-refractivity contribution in [3.05, 3.63) is 53.6 Å². The maximum Gasteiger partial charge on any atom is 0.337 e. The highest BCUT2D eigenvalue weighted by Crippen LogP contribution is 2.34. The SMILES string of the molecule is COC(=O)c1ccc(N2Cc3ccccc3NC2=O)c(OC)c1. The average Bonchev–Trinajstić information content (AvgIpc) is 2.60. The van der Waals surface area contributed by atoms with Crippen LogP contribution in [0.4, 0.5) is 16.2 Å². The fourth-order valence-electron chi connectivity index (χ4n) is 2.54. The summed E-state index contributed by atoms with van der Waals surface area (Å²) in [4.78, 5) is 25.6. The molecule has 0 saturated heterocycles. The molecule has 23 heavy (non-hydrogen) atoms.